The highest BCUT2D eigenvalue weighted by Gasteiger charge is 2.60. The Kier molecular flexibility index (Phi) is 5.19. The molecule has 2 amide bonds. The number of carbonyl (C=O) groups excluding carboxylic acids is 2. The minimum atomic E-state index is -1.06. The number of para-hydroxylation sites is 2. The molecular formula is C24H18BrFN2O4. The molecule has 3 aromatic rings. The molecule has 3 aromatic carbocycles. The fourth-order valence-corrected chi connectivity index (χ4v) is 4.85. The first-order valence-electron chi connectivity index (χ1n) is 9.98. The molecule has 0 bridgehead atoms. The smallest absolute Gasteiger partial charge is 0.266 e. The Balaban J connectivity index is 1.61. The third-order valence-electron chi connectivity index (χ3n) is 5.74. The molecule has 2 aliphatic rings. The highest BCUT2D eigenvalue weighted by atomic mass is 79.9. The lowest BCUT2D eigenvalue weighted by atomic mass is 9.90. The van der Waals surface area contributed by atoms with Gasteiger partial charge in [0.25, 0.3) is 5.91 Å². The maximum Gasteiger partial charge on any atom is 0.266 e. The van der Waals surface area contributed by atoms with Crippen LogP contribution in [-0.2, 0) is 14.4 Å². The van der Waals surface area contributed by atoms with E-state index in [1.54, 1.807) is 24.3 Å². The summed E-state index contributed by atoms with van der Waals surface area (Å²) in [6, 6.07) is 19.9. The summed E-state index contributed by atoms with van der Waals surface area (Å²) in [5, 5.41) is 1.60. The number of hydrogen-bond donors (Lipinski definition) is 0. The van der Waals surface area contributed by atoms with E-state index >= 15 is 0 Å². The van der Waals surface area contributed by atoms with E-state index < -0.39 is 35.7 Å². The number of anilines is 2. The van der Waals surface area contributed by atoms with Gasteiger partial charge < -0.3 is 4.74 Å². The predicted molar refractivity (Wildman–Crippen MR) is 120 cm³/mol. The zero-order valence-corrected chi connectivity index (χ0v) is 18.5. The number of hydrogen-bond acceptors (Lipinski definition) is 5. The predicted octanol–water partition coefficient (Wildman–Crippen LogP) is 4.65. The van der Waals surface area contributed by atoms with Gasteiger partial charge in [0.2, 0.25) is 5.91 Å². The third-order valence-corrected chi connectivity index (χ3v) is 6.36. The maximum absolute atomic E-state index is 14.4. The van der Waals surface area contributed by atoms with Crippen LogP contribution in [0.3, 0.4) is 0 Å². The second kappa shape index (κ2) is 8.03. The van der Waals surface area contributed by atoms with Gasteiger partial charge >= 0.3 is 0 Å². The van der Waals surface area contributed by atoms with Crippen LogP contribution in [0, 0.1) is 11.7 Å². The Hall–Kier alpha value is -3.23. The monoisotopic (exact) mass is 496 g/mol. The first kappa shape index (κ1) is 20.7. The number of methoxy groups -OCH3 is 1. The summed E-state index contributed by atoms with van der Waals surface area (Å²) >= 11 is 3.49. The second-order valence-electron chi connectivity index (χ2n) is 7.52. The summed E-state index contributed by atoms with van der Waals surface area (Å²) in [6.45, 7) is 0. The summed E-state index contributed by atoms with van der Waals surface area (Å²) in [5.41, 5.74) is 1.39. The van der Waals surface area contributed by atoms with Gasteiger partial charge in [-0.1, -0.05) is 36.4 Å². The van der Waals surface area contributed by atoms with Crippen LogP contribution in [0.2, 0.25) is 0 Å². The van der Waals surface area contributed by atoms with Gasteiger partial charge in [0.05, 0.1) is 29.0 Å². The van der Waals surface area contributed by atoms with Gasteiger partial charge in [-0.25, -0.2) is 14.4 Å². The van der Waals surface area contributed by atoms with Crippen LogP contribution in [0.25, 0.3) is 0 Å². The van der Waals surface area contributed by atoms with Crippen molar-refractivity contribution in [1.82, 2.24) is 0 Å². The summed E-state index contributed by atoms with van der Waals surface area (Å²) in [5.74, 6) is -1.93. The van der Waals surface area contributed by atoms with Crippen molar-refractivity contribution in [2.75, 3.05) is 17.1 Å². The number of ether oxygens (including phenoxy) is 1. The number of imide groups is 1. The van der Waals surface area contributed by atoms with Crippen LogP contribution in [0.5, 0.6) is 5.75 Å². The van der Waals surface area contributed by atoms with Crippen molar-refractivity contribution in [3.8, 4) is 5.75 Å². The average Bonchev–Trinajstić information content (AvgIpc) is 3.31. The number of rotatable bonds is 4. The molecule has 0 saturated carbocycles. The summed E-state index contributed by atoms with van der Waals surface area (Å²) in [4.78, 5) is 33.7. The van der Waals surface area contributed by atoms with Gasteiger partial charge in [0, 0.05) is 0 Å². The topological polar surface area (TPSA) is 59.1 Å². The summed E-state index contributed by atoms with van der Waals surface area (Å²) in [7, 11) is 1.57. The molecule has 32 heavy (non-hydrogen) atoms. The maximum atomic E-state index is 14.4. The standard InChI is InChI=1S/C24H18BrFN2O4/c1-31-19-12-11-14(13-16(19)25)21-20-22(32-28(21)15-7-3-2-4-8-15)24(30)27(23(20)29)18-10-6-5-9-17(18)26/h2-13,20-22H,1H3/t20-,21-,22-/m0/s1. The normalized spacial score (nSPS) is 22.4. The fourth-order valence-electron chi connectivity index (χ4n) is 4.29. The van der Waals surface area contributed by atoms with Crippen molar-refractivity contribution in [3.63, 3.8) is 0 Å². The van der Waals surface area contributed by atoms with E-state index in [9.17, 15) is 14.0 Å². The summed E-state index contributed by atoms with van der Waals surface area (Å²) in [6.07, 6.45) is -1.06. The SMILES string of the molecule is COc1ccc([C@H]2[C@@H]3C(=O)N(c4ccccc4F)C(=O)[C@H]3ON2c2ccccc2)cc1Br. The number of amides is 2. The Morgan fingerprint density at radius 2 is 1.69 bits per heavy atom. The molecule has 0 aliphatic carbocycles. The van der Waals surface area contributed by atoms with Crippen LogP contribution in [-0.4, -0.2) is 25.0 Å². The van der Waals surface area contributed by atoms with Crippen LogP contribution in [0.4, 0.5) is 15.8 Å². The molecule has 2 heterocycles. The molecule has 3 atom stereocenters. The van der Waals surface area contributed by atoms with Crippen molar-refractivity contribution in [2.24, 2.45) is 5.92 Å². The van der Waals surface area contributed by atoms with E-state index in [1.165, 1.54) is 18.2 Å². The number of nitrogens with zero attached hydrogens (tertiary/aromatic N) is 2. The molecule has 0 unspecified atom stereocenters. The van der Waals surface area contributed by atoms with Crippen molar-refractivity contribution in [3.05, 3.63) is 88.6 Å². The average molecular weight is 497 g/mol. The van der Waals surface area contributed by atoms with E-state index in [1.807, 2.05) is 42.5 Å². The van der Waals surface area contributed by atoms with E-state index in [4.69, 9.17) is 9.57 Å². The van der Waals surface area contributed by atoms with E-state index in [2.05, 4.69) is 15.9 Å². The first-order valence-corrected chi connectivity index (χ1v) is 10.8. The van der Waals surface area contributed by atoms with Gasteiger partial charge in [0.1, 0.15) is 17.5 Å². The largest absolute Gasteiger partial charge is 0.496 e. The minimum absolute atomic E-state index is 0.0681. The Labute approximate surface area is 192 Å². The highest BCUT2D eigenvalue weighted by molar-refractivity contribution is 9.10. The Morgan fingerprint density at radius 1 is 0.969 bits per heavy atom. The van der Waals surface area contributed by atoms with Crippen LogP contribution in [0.15, 0.2) is 77.3 Å². The second-order valence-corrected chi connectivity index (χ2v) is 8.37. The molecule has 2 fully saturated rings. The number of benzene rings is 3. The highest BCUT2D eigenvalue weighted by Crippen LogP contribution is 2.48. The number of hydroxylamine groups is 1. The molecule has 0 aromatic heterocycles. The Morgan fingerprint density at radius 3 is 2.38 bits per heavy atom. The van der Waals surface area contributed by atoms with Crippen LogP contribution < -0.4 is 14.7 Å². The van der Waals surface area contributed by atoms with E-state index in [0.717, 1.165) is 10.5 Å². The molecule has 8 heteroatoms. The van der Waals surface area contributed by atoms with Gasteiger partial charge in [-0.2, -0.15) is 0 Å². The van der Waals surface area contributed by atoms with Crippen molar-refractivity contribution < 1.29 is 23.6 Å². The number of halogens is 2. The Bertz CT molecular complexity index is 1210. The number of fused-ring (bicyclic) bond motifs is 1. The van der Waals surface area contributed by atoms with Crippen molar-refractivity contribution in [2.45, 2.75) is 12.1 Å². The zero-order valence-electron chi connectivity index (χ0n) is 16.9. The molecule has 2 saturated heterocycles. The molecule has 0 N–H and O–H groups in total. The molecule has 162 valence electrons. The van der Waals surface area contributed by atoms with Crippen LogP contribution in [0.1, 0.15) is 11.6 Å². The van der Waals surface area contributed by atoms with Gasteiger partial charge in [-0.3, -0.25) is 14.4 Å². The van der Waals surface area contributed by atoms with Gasteiger partial charge in [-0.05, 0) is 57.9 Å². The van der Waals surface area contributed by atoms with Crippen LogP contribution >= 0.6 is 15.9 Å². The third kappa shape index (κ3) is 3.18. The summed E-state index contributed by atoms with van der Waals surface area (Å²) < 4.78 is 20.5. The molecule has 2 aliphatic heterocycles. The van der Waals surface area contributed by atoms with Crippen molar-refractivity contribution in [1.29, 1.82) is 0 Å². The van der Waals surface area contributed by atoms with E-state index in [-0.39, 0.29) is 5.69 Å². The minimum Gasteiger partial charge on any atom is -0.496 e. The first-order chi connectivity index (χ1) is 15.5. The molecule has 6 nitrogen and oxygen atoms in total. The fraction of sp³-hybridized carbons (Fsp3) is 0.167. The lowest BCUT2D eigenvalue weighted by Crippen LogP contribution is -2.37. The lowest BCUT2D eigenvalue weighted by molar-refractivity contribution is -0.126. The molecule has 5 rings (SSSR count). The molecule has 0 spiro atoms. The zero-order chi connectivity index (χ0) is 22.4. The molecule has 0 radical (unpaired) electrons. The van der Waals surface area contributed by atoms with Gasteiger partial charge in [-0.15, -0.1) is 0 Å². The lowest BCUT2D eigenvalue weighted by Gasteiger charge is -2.29. The van der Waals surface area contributed by atoms with E-state index in [0.29, 0.717) is 15.9 Å². The number of carbonyl (C=O) groups is 2. The quantitative estimate of drug-likeness (QED) is 0.492. The van der Waals surface area contributed by atoms with Crippen molar-refractivity contribution >= 4 is 39.1 Å². The van der Waals surface area contributed by atoms with Gasteiger partial charge in [0.15, 0.2) is 6.10 Å². The molecular weight excluding hydrogens is 479 g/mol.